The van der Waals surface area contributed by atoms with E-state index in [4.69, 9.17) is 0 Å². The highest BCUT2D eigenvalue weighted by molar-refractivity contribution is 7.16. The second-order valence-corrected chi connectivity index (χ2v) is 6.66. The third-order valence-corrected chi connectivity index (χ3v) is 4.97. The number of nitrogens with one attached hydrogen (secondary N) is 1. The van der Waals surface area contributed by atoms with Crippen LogP contribution in [0.5, 0.6) is 0 Å². The van der Waals surface area contributed by atoms with E-state index >= 15 is 0 Å². The summed E-state index contributed by atoms with van der Waals surface area (Å²) >= 11 is 4.69. The zero-order chi connectivity index (χ0) is 13.1. The van der Waals surface area contributed by atoms with E-state index in [2.05, 4.69) is 10.3 Å². The lowest BCUT2D eigenvalue weighted by Gasteiger charge is -1.99. The Hall–Kier alpha value is -1.50. The van der Waals surface area contributed by atoms with Gasteiger partial charge in [-0.3, -0.25) is 4.79 Å². The van der Waals surface area contributed by atoms with Crippen LogP contribution in [0.15, 0.2) is 40.4 Å². The van der Waals surface area contributed by atoms with Gasteiger partial charge in [-0.25, -0.2) is 4.98 Å². The number of rotatable bonds is 4. The Morgan fingerprint density at radius 3 is 2.74 bits per heavy atom. The van der Waals surface area contributed by atoms with E-state index in [1.54, 1.807) is 22.7 Å². The van der Waals surface area contributed by atoms with Crippen molar-refractivity contribution in [2.24, 2.45) is 0 Å². The van der Waals surface area contributed by atoms with Crippen molar-refractivity contribution < 1.29 is 4.79 Å². The highest BCUT2D eigenvalue weighted by Crippen LogP contribution is 2.28. The van der Waals surface area contributed by atoms with Gasteiger partial charge in [0, 0.05) is 10.3 Å². The van der Waals surface area contributed by atoms with E-state index < -0.39 is 0 Å². The smallest absolute Gasteiger partial charge is 0.231 e. The molecule has 6 heteroatoms. The lowest BCUT2D eigenvalue weighted by Crippen LogP contribution is -2.13. The predicted octanol–water partition coefficient (Wildman–Crippen LogP) is 4.11. The Morgan fingerprint density at radius 2 is 2.00 bits per heavy atom. The van der Waals surface area contributed by atoms with Crippen LogP contribution in [0.25, 0.3) is 10.6 Å². The summed E-state index contributed by atoms with van der Waals surface area (Å²) in [5, 5.41) is 9.46. The predicted molar refractivity (Wildman–Crippen MR) is 82.1 cm³/mol. The fraction of sp³-hybridized carbons (Fsp3) is 0.0769. The molecule has 0 unspecified atom stereocenters. The molecule has 3 heterocycles. The minimum Gasteiger partial charge on any atom is -0.302 e. The first-order chi connectivity index (χ1) is 9.31. The van der Waals surface area contributed by atoms with Gasteiger partial charge in [-0.15, -0.1) is 34.0 Å². The minimum atomic E-state index is -0.0190. The molecular weight excluding hydrogens is 296 g/mol. The van der Waals surface area contributed by atoms with Crippen molar-refractivity contribution >= 4 is 45.0 Å². The first-order valence-corrected chi connectivity index (χ1v) is 8.27. The number of carbonyl (C=O) groups excluding carboxylic acids is 1. The van der Waals surface area contributed by atoms with Gasteiger partial charge in [0.15, 0.2) is 5.13 Å². The molecule has 3 aromatic rings. The Balaban J connectivity index is 1.65. The second kappa shape index (κ2) is 5.64. The molecular formula is C13H10N2OS3. The number of thiophene rings is 2. The van der Waals surface area contributed by atoms with Crippen LogP contribution >= 0.6 is 34.0 Å². The molecule has 0 spiro atoms. The molecule has 0 aromatic carbocycles. The van der Waals surface area contributed by atoms with Crippen molar-refractivity contribution in [2.45, 2.75) is 6.42 Å². The maximum Gasteiger partial charge on any atom is 0.231 e. The van der Waals surface area contributed by atoms with Crippen molar-refractivity contribution in [3.63, 3.8) is 0 Å². The minimum absolute atomic E-state index is 0.0190. The highest BCUT2D eigenvalue weighted by Gasteiger charge is 2.09. The van der Waals surface area contributed by atoms with Crippen molar-refractivity contribution in [3.05, 3.63) is 45.3 Å². The third-order valence-electron chi connectivity index (χ3n) is 2.44. The first-order valence-electron chi connectivity index (χ1n) is 5.63. The molecule has 1 amide bonds. The zero-order valence-electron chi connectivity index (χ0n) is 9.83. The Labute approximate surface area is 122 Å². The summed E-state index contributed by atoms with van der Waals surface area (Å²) in [7, 11) is 0. The molecule has 0 fully saturated rings. The largest absolute Gasteiger partial charge is 0.302 e. The van der Waals surface area contributed by atoms with E-state index in [9.17, 15) is 4.79 Å². The molecule has 0 aliphatic heterocycles. The highest BCUT2D eigenvalue weighted by atomic mass is 32.1. The van der Waals surface area contributed by atoms with Crippen LogP contribution in [0.3, 0.4) is 0 Å². The van der Waals surface area contributed by atoms with Crippen LogP contribution in [0.2, 0.25) is 0 Å². The summed E-state index contributed by atoms with van der Waals surface area (Å²) in [5.74, 6) is -0.0190. The summed E-state index contributed by atoms with van der Waals surface area (Å²) in [6, 6.07) is 7.93. The van der Waals surface area contributed by atoms with Gasteiger partial charge >= 0.3 is 0 Å². The van der Waals surface area contributed by atoms with E-state index in [0.717, 1.165) is 15.4 Å². The summed E-state index contributed by atoms with van der Waals surface area (Å²) in [4.78, 5) is 18.4. The quantitative estimate of drug-likeness (QED) is 0.788. The molecule has 1 N–H and O–H groups in total. The molecule has 3 nitrogen and oxygen atoms in total. The average Bonchev–Trinajstić information content (AvgIpc) is 3.09. The summed E-state index contributed by atoms with van der Waals surface area (Å²) in [5.41, 5.74) is 0.923. The molecule has 0 aliphatic carbocycles. The van der Waals surface area contributed by atoms with E-state index in [1.165, 1.54) is 11.3 Å². The lowest BCUT2D eigenvalue weighted by atomic mass is 10.3. The van der Waals surface area contributed by atoms with Gasteiger partial charge in [0.25, 0.3) is 0 Å². The maximum atomic E-state index is 11.8. The van der Waals surface area contributed by atoms with Gasteiger partial charge in [-0.05, 0) is 22.9 Å². The number of hydrogen-bond acceptors (Lipinski definition) is 5. The summed E-state index contributed by atoms with van der Waals surface area (Å²) in [6.07, 6.45) is 0.408. The number of carbonyl (C=O) groups is 1. The standard InChI is InChI=1S/C13H10N2OS3/c16-12(7-9-3-1-5-17-9)15-13-14-10(8-19-13)11-4-2-6-18-11/h1-6,8H,7H2,(H,14,15,16). The van der Waals surface area contributed by atoms with E-state index in [-0.39, 0.29) is 5.91 Å². The number of anilines is 1. The number of thiazole rings is 1. The van der Waals surface area contributed by atoms with Crippen LogP contribution in [0.1, 0.15) is 4.88 Å². The van der Waals surface area contributed by atoms with Crippen molar-refractivity contribution in [1.82, 2.24) is 4.98 Å². The summed E-state index contributed by atoms with van der Waals surface area (Å²) < 4.78 is 0. The van der Waals surface area contributed by atoms with Crippen LogP contribution in [0.4, 0.5) is 5.13 Å². The monoisotopic (exact) mass is 306 g/mol. The van der Waals surface area contributed by atoms with Gasteiger partial charge in [0.1, 0.15) is 0 Å². The van der Waals surface area contributed by atoms with Crippen molar-refractivity contribution in [2.75, 3.05) is 5.32 Å². The molecule has 0 saturated heterocycles. The molecule has 0 radical (unpaired) electrons. The zero-order valence-corrected chi connectivity index (χ0v) is 12.3. The van der Waals surface area contributed by atoms with Crippen LogP contribution < -0.4 is 5.32 Å². The Kier molecular flexibility index (Phi) is 3.72. The number of amides is 1. The maximum absolute atomic E-state index is 11.8. The van der Waals surface area contributed by atoms with Gasteiger partial charge in [0.05, 0.1) is 17.0 Å². The fourth-order valence-corrected chi connectivity index (χ4v) is 3.79. The normalized spacial score (nSPS) is 10.5. The van der Waals surface area contributed by atoms with E-state index in [1.807, 2.05) is 40.4 Å². The molecule has 19 heavy (non-hydrogen) atoms. The van der Waals surface area contributed by atoms with Gasteiger partial charge in [0.2, 0.25) is 5.91 Å². The number of aromatic nitrogens is 1. The Bertz CT molecular complexity index is 656. The van der Waals surface area contributed by atoms with Gasteiger partial charge in [-0.2, -0.15) is 0 Å². The third kappa shape index (κ3) is 3.09. The van der Waals surface area contributed by atoms with Crippen molar-refractivity contribution in [1.29, 1.82) is 0 Å². The van der Waals surface area contributed by atoms with Gasteiger partial charge in [-0.1, -0.05) is 12.1 Å². The number of hydrogen-bond donors (Lipinski definition) is 1. The van der Waals surface area contributed by atoms with Crippen LogP contribution in [0, 0.1) is 0 Å². The van der Waals surface area contributed by atoms with Crippen molar-refractivity contribution in [3.8, 4) is 10.6 Å². The average molecular weight is 306 g/mol. The van der Waals surface area contributed by atoms with Crippen LogP contribution in [-0.2, 0) is 11.2 Å². The first kappa shape index (κ1) is 12.5. The summed E-state index contributed by atoms with van der Waals surface area (Å²) in [6.45, 7) is 0. The van der Waals surface area contributed by atoms with E-state index in [0.29, 0.717) is 11.6 Å². The molecule has 96 valence electrons. The topological polar surface area (TPSA) is 42.0 Å². The SMILES string of the molecule is O=C(Cc1cccs1)Nc1nc(-c2cccs2)cs1. The molecule has 3 aromatic heterocycles. The fourth-order valence-electron chi connectivity index (χ4n) is 1.60. The Morgan fingerprint density at radius 1 is 1.16 bits per heavy atom. The number of nitrogens with zero attached hydrogens (tertiary/aromatic N) is 1. The van der Waals surface area contributed by atoms with Gasteiger partial charge < -0.3 is 5.32 Å². The second-order valence-electron chi connectivity index (χ2n) is 3.82. The molecule has 0 atom stereocenters. The molecule has 3 rings (SSSR count). The van der Waals surface area contributed by atoms with Crippen LogP contribution in [-0.4, -0.2) is 10.9 Å². The lowest BCUT2D eigenvalue weighted by molar-refractivity contribution is -0.115. The molecule has 0 saturated carbocycles. The molecule has 0 bridgehead atoms. The molecule has 0 aliphatic rings.